The Balaban J connectivity index is 1.47. The van der Waals surface area contributed by atoms with Crippen LogP contribution in [0.4, 0.5) is 0 Å². The molecule has 5 rings (SSSR count). The molecule has 3 heterocycles. The number of hydrogen-bond donors (Lipinski definition) is 1. The molecule has 0 bridgehead atoms. The van der Waals surface area contributed by atoms with E-state index in [2.05, 4.69) is 15.6 Å². The first-order chi connectivity index (χ1) is 18.6. The third-order valence-electron chi connectivity index (χ3n) is 6.53. The van der Waals surface area contributed by atoms with Crippen LogP contribution in [0.25, 0.3) is 11.0 Å². The van der Waals surface area contributed by atoms with Gasteiger partial charge in [0.05, 0.1) is 24.8 Å². The van der Waals surface area contributed by atoms with E-state index in [1.807, 2.05) is 73.0 Å². The van der Waals surface area contributed by atoms with Crippen molar-refractivity contribution in [2.24, 2.45) is 0 Å². The van der Waals surface area contributed by atoms with Crippen molar-refractivity contribution >= 4 is 34.2 Å². The quantitative estimate of drug-likeness (QED) is 0.313. The second kappa shape index (κ2) is 12.2. The lowest BCUT2D eigenvalue weighted by Crippen LogP contribution is -2.46. The lowest BCUT2D eigenvalue weighted by atomic mass is 10.0. The van der Waals surface area contributed by atoms with Gasteiger partial charge in [-0.05, 0) is 61.0 Å². The number of nitrogens with zero attached hydrogens (tertiary/aromatic N) is 4. The van der Waals surface area contributed by atoms with Crippen LogP contribution in [0.15, 0.2) is 66.0 Å². The molecule has 9 nitrogen and oxygen atoms in total. The molecule has 1 aliphatic heterocycles. The topological polar surface area (TPSA) is 98.6 Å². The summed E-state index contributed by atoms with van der Waals surface area (Å²) in [7, 11) is 0. The molecule has 4 aromatic rings. The van der Waals surface area contributed by atoms with Crippen molar-refractivity contribution < 1.29 is 19.1 Å². The van der Waals surface area contributed by atoms with Gasteiger partial charge >= 0.3 is 0 Å². The first-order valence-corrected chi connectivity index (χ1v) is 13.7. The van der Waals surface area contributed by atoms with Gasteiger partial charge in [-0.25, -0.2) is 4.68 Å². The van der Waals surface area contributed by atoms with Crippen molar-refractivity contribution in [3.8, 4) is 5.75 Å². The first kappa shape index (κ1) is 25.9. The van der Waals surface area contributed by atoms with E-state index in [1.54, 1.807) is 20.9 Å². The molecule has 1 saturated heterocycles. The molecule has 0 spiro atoms. The van der Waals surface area contributed by atoms with Crippen molar-refractivity contribution in [2.45, 2.75) is 45.0 Å². The number of aromatic nitrogens is 3. The molecule has 0 radical (unpaired) electrons. The summed E-state index contributed by atoms with van der Waals surface area (Å²) in [4.78, 5) is 30.3. The van der Waals surface area contributed by atoms with E-state index >= 15 is 0 Å². The molecule has 0 saturated carbocycles. The van der Waals surface area contributed by atoms with Crippen LogP contribution in [0, 0.1) is 0 Å². The van der Waals surface area contributed by atoms with Gasteiger partial charge in [0.25, 0.3) is 0 Å². The maximum Gasteiger partial charge on any atom is 0.247 e. The molecule has 10 heteroatoms. The molecule has 1 aliphatic rings. The maximum absolute atomic E-state index is 13.9. The van der Waals surface area contributed by atoms with Crippen LogP contribution in [-0.2, 0) is 27.4 Å². The molecular weight excluding hydrogens is 502 g/mol. The van der Waals surface area contributed by atoms with Crippen LogP contribution in [0.5, 0.6) is 5.75 Å². The van der Waals surface area contributed by atoms with E-state index in [0.717, 1.165) is 23.2 Å². The van der Waals surface area contributed by atoms with Crippen LogP contribution in [0.3, 0.4) is 0 Å². The van der Waals surface area contributed by atoms with Crippen LogP contribution in [0.1, 0.15) is 36.2 Å². The average Bonchev–Trinajstić information content (AvgIpc) is 3.71. The highest BCUT2D eigenvalue weighted by atomic mass is 32.1. The van der Waals surface area contributed by atoms with E-state index in [-0.39, 0.29) is 31.0 Å². The van der Waals surface area contributed by atoms with E-state index in [1.165, 1.54) is 0 Å². The summed E-state index contributed by atoms with van der Waals surface area (Å²) in [6.07, 6.45) is 1.88. The van der Waals surface area contributed by atoms with Crippen molar-refractivity contribution in [3.05, 3.63) is 76.5 Å². The van der Waals surface area contributed by atoms with Gasteiger partial charge in [0.2, 0.25) is 11.8 Å². The fourth-order valence-corrected chi connectivity index (χ4v) is 5.35. The number of amides is 2. The Morgan fingerprint density at radius 3 is 2.76 bits per heavy atom. The number of carbonyl (C=O) groups excluding carboxylic acids is 2. The average molecular weight is 534 g/mol. The van der Waals surface area contributed by atoms with Crippen molar-refractivity contribution in [2.75, 3.05) is 19.8 Å². The number of nitrogens with one attached hydrogen (secondary N) is 1. The Kier molecular flexibility index (Phi) is 8.30. The molecule has 1 fully saturated rings. The standard InChI is InChI=1S/C28H31N5O4S/c1-2-36-21-13-11-20(12-14-21)27(28(35)29-17-22-7-5-15-37-22)32(18-23-8-6-16-38-23)26(34)19-33-25-10-4-3-9-24(25)30-31-33/h3-4,6,8-14,16,22,27H,2,5,7,15,17-19H2,1H3,(H,29,35)/t22-,27+/m0/s1. The summed E-state index contributed by atoms with van der Waals surface area (Å²) in [5.74, 6) is 0.221. The van der Waals surface area contributed by atoms with Gasteiger partial charge in [-0.2, -0.15) is 0 Å². The fraction of sp³-hybridized carbons (Fsp3) is 0.357. The monoisotopic (exact) mass is 533 g/mol. The number of carbonyl (C=O) groups is 2. The smallest absolute Gasteiger partial charge is 0.247 e. The first-order valence-electron chi connectivity index (χ1n) is 12.8. The number of thiophene rings is 1. The number of ether oxygens (including phenoxy) is 2. The molecule has 2 aromatic carbocycles. The number of para-hydroxylation sites is 1. The molecule has 0 aliphatic carbocycles. The number of rotatable bonds is 11. The normalized spacial score (nSPS) is 15.9. The molecule has 2 atom stereocenters. The van der Waals surface area contributed by atoms with Gasteiger partial charge in [-0.1, -0.05) is 35.5 Å². The summed E-state index contributed by atoms with van der Waals surface area (Å²) in [6.45, 7) is 3.82. The largest absolute Gasteiger partial charge is 0.494 e. The van der Waals surface area contributed by atoms with Crippen molar-refractivity contribution in [1.29, 1.82) is 0 Å². The minimum atomic E-state index is -0.850. The van der Waals surface area contributed by atoms with E-state index in [4.69, 9.17) is 9.47 Å². The number of fused-ring (bicyclic) bond motifs is 1. The highest BCUT2D eigenvalue weighted by molar-refractivity contribution is 7.09. The lowest BCUT2D eigenvalue weighted by molar-refractivity contribution is -0.142. The zero-order valence-electron chi connectivity index (χ0n) is 21.3. The number of benzene rings is 2. The van der Waals surface area contributed by atoms with Crippen molar-refractivity contribution in [1.82, 2.24) is 25.2 Å². The highest BCUT2D eigenvalue weighted by Gasteiger charge is 2.33. The molecule has 2 amide bonds. The molecular formula is C28H31N5O4S. The van der Waals surface area contributed by atoms with Gasteiger partial charge in [0, 0.05) is 18.0 Å². The predicted octanol–water partition coefficient (Wildman–Crippen LogP) is 3.96. The molecule has 2 aromatic heterocycles. The Bertz CT molecular complexity index is 1350. The molecule has 198 valence electrons. The number of hydrogen-bond acceptors (Lipinski definition) is 7. The van der Waals surface area contributed by atoms with Gasteiger partial charge in [-0.15, -0.1) is 16.4 Å². The predicted molar refractivity (Wildman–Crippen MR) is 145 cm³/mol. The van der Waals surface area contributed by atoms with Gasteiger partial charge in [0.15, 0.2) is 0 Å². The minimum Gasteiger partial charge on any atom is -0.494 e. The lowest BCUT2D eigenvalue weighted by Gasteiger charge is -2.31. The summed E-state index contributed by atoms with van der Waals surface area (Å²) in [5, 5.41) is 13.4. The van der Waals surface area contributed by atoms with Crippen molar-refractivity contribution in [3.63, 3.8) is 0 Å². The maximum atomic E-state index is 13.9. The van der Waals surface area contributed by atoms with Gasteiger partial charge in [0.1, 0.15) is 23.9 Å². The van der Waals surface area contributed by atoms with Crippen LogP contribution >= 0.6 is 11.3 Å². The van der Waals surface area contributed by atoms with Crippen LogP contribution in [-0.4, -0.2) is 57.6 Å². The zero-order valence-corrected chi connectivity index (χ0v) is 22.1. The molecule has 38 heavy (non-hydrogen) atoms. The van der Waals surface area contributed by atoms with Gasteiger partial charge in [-0.3, -0.25) is 9.59 Å². The molecule has 0 unspecified atom stereocenters. The zero-order chi connectivity index (χ0) is 26.3. The Labute approximate surface area is 225 Å². The third-order valence-corrected chi connectivity index (χ3v) is 7.39. The van der Waals surface area contributed by atoms with Crippen LogP contribution < -0.4 is 10.1 Å². The SMILES string of the molecule is CCOc1ccc([C@H](C(=O)NC[C@@H]2CCCO2)N(Cc2cccs2)C(=O)Cn2nnc3ccccc32)cc1. The highest BCUT2D eigenvalue weighted by Crippen LogP contribution is 2.28. The molecule has 1 N–H and O–H groups in total. The summed E-state index contributed by atoms with van der Waals surface area (Å²) in [6, 6.07) is 17.9. The minimum absolute atomic E-state index is 0.0112. The van der Waals surface area contributed by atoms with E-state index in [9.17, 15) is 9.59 Å². The second-order valence-corrected chi connectivity index (χ2v) is 10.2. The summed E-state index contributed by atoms with van der Waals surface area (Å²) < 4.78 is 12.9. The van der Waals surface area contributed by atoms with E-state index < -0.39 is 6.04 Å². The Hall–Kier alpha value is -3.76. The Morgan fingerprint density at radius 1 is 1.18 bits per heavy atom. The summed E-state index contributed by atoms with van der Waals surface area (Å²) in [5.41, 5.74) is 2.17. The van der Waals surface area contributed by atoms with Crippen LogP contribution in [0.2, 0.25) is 0 Å². The van der Waals surface area contributed by atoms with E-state index in [0.29, 0.717) is 36.6 Å². The third kappa shape index (κ3) is 6.03. The Morgan fingerprint density at radius 2 is 2.03 bits per heavy atom. The fourth-order valence-electron chi connectivity index (χ4n) is 4.65. The van der Waals surface area contributed by atoms with Gasteiger partial charge < -0.3 is 19.7 Å². The second-order valence-electron chi connectivity index (χ2n) is 9.12. The summed E-state index contributed by atoms with van der Waals surface area (Å²) >= 11 is 1.55.